The molecule has 24 heavy (non-hydrogen) atoms. The van der Waals surface area contributed by atoms with E-state index in [9.17, 15) is 15.0 Å². The molecule has 0 radical (unpaired) electrons. The summed E-state index contributed by atoms with van der Waals surface area (Å²) >= 11 is 0. The van der Waals surface area contributed by atoms with Crippen molar-refractivity contribution in [3.8, 4) is 0 Å². The molecule has 0 saturated heterocycles. The van der Waals surface area contributed by atoms with Crippen LogP contribution in [0.1, 0.15) is 57.6 Å². The highest BCUT2D eigenvalue weighted by Gasteiger charge is 2.64. The number of carbonyl (C=O) groups is 1. The van der Waals surface area contributed by atoms with Gasteiger partial charge in [-0.3, -0.25) is 4.79 Å². The van der Waals surface area contributed by atoms with Crippen LogP contribution in [0.25, 0.3) is 0 Å². The lowest BCUT2D eigenvalue weighted by molar-refractivity contribution is -0.178. The molecule has 4 heteroatoms. The number of aliphatic hydroxyl groups excluding tert-OH is 2. The summed E-state index contributed by atoms with van der Waals surface area (Å²) < 4.78 is 5.47. The Hall–Kier alpha value is -1.13. The number of fused-ring (bicyclic) bond motifs is 5. The van der Waals surface area contributed by atoms with Crippen molar-refractivity contribution in [3.63, 3.8) is 0 Å². The van der Waals surface area contributed by atoms with Crippen molar-refractivity contribution in [1.29, 1.82) is 0 Å². The number of furan rings is 1. The van der Waals surface area contributed by atoms with E-state index in [0.717, 1.165) is 31.2 Å². The summed E-state index contributed by atoms with van der Waals surface area (Å²) in [5, 5.41) is 20.9. The van der Waals surface area contributed by atoms with E-state index in [0.29, 0.717) is 6.42 Å². The number of Topliss-reactive ketones (excluding diaryl/α,β-unsaturated/α-hetero) is 1. The van der Waals surface area contributed by atoms with E-state index in [-0.39, 0.29) is 35.1 Å². The van der Waals surface area contributed by atoms with Gasteiger partial charge >= 0.3 is 0 Å². The van der Waals surface area contributed by atoms with Crippen molar-refractivity contribution in [2.24, 2.45) is 22.7 Å². The van der Waals surface area contributed by atoms with E-state index in [1.165, 1.54) is 5.56 Å². The Morgan fingerprint density at radius 3 is 2.67 bits per heavy atom. The number of hydrogen-bond acceptors (Lipinski definition) is 4. The van der Waals surface area contributed by atoms with Gasteiger partial charge in [0.25, 0.3) is 0 Å². The van der Waals surface area contributed by atoms with Gasteiger partial charge in [0.15, 0.2) is 5.78 Å². The first-order valence-corrected chi connectivity index (χ1v) is 9.14. The number of carbonyl (C=O) groups excluding carboxylic acids is 1. The summed E-state index contributed by atoms with van der Waals surface area (Å²) in [5.41, 5.74) is 1.46. The van der Waals surface area contributed by atoms with E-state index >= 15 is 0 Å². The first-order valence-electron chi connectivity index (χ1n) is 9.14. The van der Waals surface area contributed by atoms with Crippen LogP contribution in [-0.2, 0) is 16.6 Å². The van der Waals surface area contributed by atoms with Crippen LogP contribution in [0.4, 0.5) is 0 Å². The van der Waals surface area contributed by atoms with Crippen LogP contribution in [0, 0.1) is 22.7 Å². The fraction of sp³-hybridized carbons (Fsp3) is 0.750. The second kappa shape index (κ2) is 4.95. The van der Waals surface area contributed by atoms with Crippen molar-refractivity contribution in [2.75, 3.05) is 6.61 Å². The first-order chi connectivity index (χ1) is 11.3. The molecule has 2 N–H and O–H groups in total. The molecule has 3 aliphatic rings. The minimum absolute atomic E-state index is 0.0366. The smallest absolute Gasteiger partial charge is 0.162 e. The third kappa shape index (κ3) is 1.79. The third-order valence-corrected chi connectivity index (χ3v) is 7.86. The molecular formula is C20H28O4. The Bertz CT molecular complexity index is 675. The SMILES string of the molecule is CC1(C)C(O)C(=O)CC2(C)C3CCc4cocc4C3(CO)CCC12. The van der Waals surface area contributed by atoms with E-state index in [1.807, 2.05) is 26.4 Å². The molecule has 0 aliphatic heterocycles. The maximum absolute atomic E-state index is 12.6. The molecule has 132 valence electrons. The Kier molecular flexibility index (Phi) is 3.37. The molecular weight excluding hydrogens is 304 g/mol. The van der Waals surface area contributed by atoms with Gasteiger partial charge in [0, 0.05) is 22.8 Å². The molecule has 5 atom stereocenters. The minimum Gasteiger partial charge on any atom is -0.472 e. The normalized spacial score (nSPS) is 43.7. The van der Waals surface area contributed by atoms with E-state index < -0.39 is 11.5 Å². The van der Waals surface area contributed by atoms with E-state index in [4.69, 9.17) is 4.42 Å². The van der Waals surface area contributed by atoms with Gasteiger partial charge in [-0.05, 0) is 48.5 Å². The van der Waals surface area contributed by atoms with Gasteiger partial charge in [-0.2, -0.15) is 0 Å². The summed E-state index contributed by atoms with van der Waals surface area (Å²) in [6.07, 6.45) is 6.91. The van der Waals surface area contributed by atoms with Crippen LogP contribution in [0.5, 0.6) is 0 Å². The van der Waals surface area contributed by atoms with Crippen LogP contribution < -0.4 is 0 Å². The second-order valence-corrected chi connectivity index (χ2v) is 9.18. The highest BCUT2D eigenvalue weighted by molar-refractivity contribution is 5.85. The molecule has 0 aromatic carbocycles. The van der Waals surface area contributed by atoms with Crippen molar-refractivity contribution >= 4 is 5.78 Å². The molecule has 2 saturated carbocycles. The maximum Gasteiger partial charge on any atom is 0.162 e. The Balaban J connectivity index is 1.85. The van der Waals surface area contributed by atoms with Crippen molar-refractivity contribution in [2.45, 2.75) is 64.4 Å². The molecule has 4 nitrogen and oxygen atoms in total. The molecule has 2 fully saturated rings. The molecule has 0 bridgehead atoms. The lowest BCUT2D eigenvalue weighted by Crippen LogP contribution is -2.64. The number of aryl methyl sites for hydroxylation is 1. The van der Waals surface area contributed by atoms with E-state index in [1.54, 1.807) is 0 Å². The molecule has 3 aliphatic carbocycles. The standard InChI is InChI=1S/C20H28O4/c1-18(2)15-6-7-20(11-21)13-10-24-9-12(13)4-5-16(20)19(15,3)8-14(22)17(18)23/h9-10,15-17,21,23H,4-8,11H2,1-3H3. The number of hydrogen-bond donors (Lipinski definition) is 2. The highest BCUT2D eigenvalue weighted by atomic mass is 16.3. The molecule has 0 spiro atoms. The van der Waals surface area contributed by atoms with Gasteiger partial charge < -0.3 is 14.6 Å². The summed E-state index contributed by atoms with van der Waals surface area (Å²) in [6, 6.07) is 0. The monoisotopic (exact) mass is 332 g/mol. The van der Waals surface area contributed by atoms with Gasteiger partial charge in [0.2, 0.25) is 0 Å². The molecule has 5 unspecified atom stereocenters. The molecule has 4 rings (SSSR count). The summed E-state index contributed by atoms with van der Waals surface area (Å²) in [5.74, 6) is 0.496. The zero-order valence-electron chi connectivity index (χ0n) is 14.8. The highest BCUT2D eigenvalue weighted by Crippen LogP contribution is 2.66. The predicted molar refractivity (Wildman–Crippen MR) is 89.5 cm³/mol. The van der Waals surface area contributed by atoms with Crippen LogP contribution in [-0.4, -0.2) is 28.7 Å². The van der Waals surface area contributed by atoms with Gasteiger partial charge in [0.1, 0.15) is 6.10 Å². The maximum atomic E-state index is 12.6. The second-order valence-electron chi connectivity index (χ2n) is 9.18. The molecule has 1 aromatic heterocycles. The van der Waals surface area contributed by atoms with E-state index in [2.05, 4.69) is 6.92 Å². The quantitative estimate of drug-likeness (QED) is 0.829. The Morgan fingerprint density at radius 1 is 1.21 bits per heavy atom. The van der Waals surface area contributed by atoms with Gasteiger partial charge in [-0.1, -0.05) is 20.8 Å². The topological polar surface area (TPSA) is 70.7 Å². The lowest BCUT2D eigenvalue weighted by Gasteiger charge is -2.64. The van der Waals surface area contributed by atoms with Gasteiger partial charge in [-0.15, -0.1) is 0 Å². The van der Waals surface area contributed by atoms with Gasteiger partial charge in [-0.25, -0.2) is 0 Å². The van der Waals surface area contributed by atoms with Crippen LogP contribution in [0.2, 0.25) is 0 Å². The first kappa shape index (κ1) is 16.3. The number of rotatable bonds is 1. The fourth-order valence-corrected chi connectivity index (χ4v) is 6.78. The zero-order chi connectivity index (χ0) is 17.3. The third-order valence-electron chi connectivity index (χ3n) is 7.86. The van der Waals surface area contributed by atoms with Crippen LogP contribution in [0.3, 0.4) is 0 Å². The minimum atomic E-state index is -0.870. The largest absolute Gasteiger partial charge is 0.472 e. The molecule has 1 aromatic rings. The zero-order valence-corrected chi connectivity index (χ0v) is 14.8. The van der Waals surface area contributed by atoms with Crippen molar-refractivity contribution in [3.05, 3.63) is 23.7 Å². The molecule has 0 amide bonds. The van der Waals surface area contributed by atoms with Gasteiger partial charge in [0.05, 0.1) is 19.1 Å². The van der Waals surface area contributed by atoms with Crippen molar-refractivity contribution in [1.82, 2.24) is 0 Å². The summed E-state index contributed by atoms with van der Waals surface area (Å²) in [6.45, 7) is 6.40. The number of ketones is 1. The van der Waals surface area contributed by atoms with Crippen molar-refractivity contribution < 1.29 is 19.4 Å². The predicted octanol–water partition coefficient (Wildman–Crippen LogP) is 2.85. The summed E-state index contributed by atoms with van der Waals surface area (Å²) in [4.78, 5) is 12.6. The number of aliphatic hydroxyl groups is 2. The summed E-state index contributed by atoms with van der Waals surface area (Å²) in [7, 11) is 0. The van der Waals surface area contributed by atoms with Crippen LogP contribution >= 0.6 is 0 Å². The fourth-order valence-electron chi connectivity index (χ4n) is 6.78. The Morgan fingerprint density at radius 2 is 1.96 bits per heavy atom. The molecule has 1 heterocycles. The average molecular weight is 332 g/mol. The average Bonchev–Trinajstić information content (AvgIpc) is 3.02. The van der Waals surface area contributed by atoms with Crippen LogP contribution in [0.15, 0.2) is 16.9 Å². The Labute approximate surface area is 143 Å². The lowest BCUT2D eigenvalue weighted by atomic mass is 9.40.